The number of H-pyrrole nitrogens is 1. The zero-order chi connectivity index (χ0) is 17.9. The maximum Gasteiger partial charge on any atom is 0.323 e. The van der Waals surface area contributed by atoms with E-state index >= 15 is 0 Å². The van der Waals surface area contributed by atoms with Gasteiger partial charge in [0, 0.05) is 36.0 Å². The van der Waals surface area contributed by atoms with Crippen LogP contribution in [-0.2, 0) is 9.53 Å². The number of cyclic esters (lactones) is 1. The predicted octanol–water partition coefficient (Wildman–Crippen LogP) is 3.21. The quantitative estimate of drug-likeness (QED) is 0.670. The van der Waals surface area contributed by atoms with Crippen molar-refractivity contribution < 1.29 is 14.3 Å². The number of esters is 1. The van der Waals surface area contributed by atoms with Crippen LogP contribution < -0.4 is 10.1 Å². The summed E-state index contributed by atoms with van der Waals surface area (Å²) in [5.74, 6) is 0.793. The summed E-state index contributed by atoms with van der Waals surface area (Å²) in [6.07, 6.45) is 2.79. The van der Waals surface area contributed by atoms with Crippen LogP contribution in [0.1, 0.15) is 23.5 Å². The van der Waals surface area contributed by atoms with Crippen molar-refractivity contribution in [2.75, 3.05) is 20.3 Å². The maximum atomic E-state index is 11.8. The van der Waals surface area contributed by atoms with Crippen molar-refractivity contribution in [1.29, 1.82) is 0 Å². The molecule has 2 N–H and O–H groups in total. The molecule has 1 fully saturated rings. The minimum Gasteiger partial charge on any atom is -0.497 e. The van der Waals surface area contributed by atoms with Crippen LogP contribution in [0.5, 0.6) is 5.75 Å². The summed E-state index contributed by atoms with van der Waals surface area (Å²) >= 11 is 0. The van der Waals surface area contributed by atoms with Gasteiger partial charge in [-0.05, 0) is 29.3 Å². The van der Waals surface area contributed by atoms with Crippen LogP contribution in [0, 0.1) is 0 Å². The minimum atomic E-state index is -0.221. The van der Waals surface area contributed by atoms with Gasteiger partial charge < -0.3 is 19.8 Å². The van der Waals surface area contributed by atoms with Crippen molar-refractivity contribution in [1.82, 2.24) is 10.3 Å². The highest BCUT2D eigenvalue weighted by Crippen LogP contribution is 2.31. The number of aromatic nitrogens is 1. The number of methoxy groups -OCH3 is 1. The molecule has 0 aliphatic carbocycles. The van der Waals surface area contributed by atoms with Gasteiger partial charge in [-0.1, -0.05) is 30.3 Å². The minimum absolute atomic E-state index is 0.116. The molecule has 0 spiro atoms. The van der Waals surface area contributed by atoms with E-state index < -0.39 is 0 Å². The highest BCUT2D eigenvalue weighted by Gasteiger charge is 2.28. The second-order valence-electron chi connectivity index (χ2n) is 6.53. The van der Waals surface area contributed by atoms with Gasteiger partial charge in [0.15, 0.2) is 0 Å². The molecular weight excluding hydrogens is 328 g/mol. The third-order valence-electron chi connectivity index (χ3n) is 5.02. The molecule has 2 aromatic carbocycles. The second kappa shape index (κ2) is 7.22. The molecule has 2 unspecified atom stereocenters. The molecular formula is C21H22N2O3. The Bertz CT molecular complexity index is 901. The molecule has 5 heteroatoms. The lowest BCUT2D eigenvalue weighted by Gasteiger charge is -2.20. The molecule has 0 bridgehead atoms. The molecule has 5 nitrogen and oxygen atoms in total. The van der Waals surface area contributed by atoms with Crippen molar-refractivity contribution in [2.45, 2.75) is 18.4 Å². The van der Waals surface area contributed by atoms with Crippen molar-refractivity contribution in [2.24, 2.45) is 0 Å². The van der Waals surface area contributed by atoms with Crippen LogP contribution in [0.25, 0.3) is 10.9 Å². The van der Waals surface area contributed by atoms with E-state index in [4.69, 9.17) is 9.47 Å². The van der Waals surface area contributed by atoms with Gasteiger partial charge in [0.1, 0.15) is 11.8 Å². The van der Waals surface area contributed by atoms with Crippen LogP contribution in [0.2, 0.25) is 0 Å². The average molecular weight is 350 g/mol. The highest BCUT2D eigenvalue weighted by atomic mass is 16.5. The topological polar surface area (TPSA) is 63.4 Å². The second-order valence-corrected chi connectivity index (χ2v) is 6.53. The molecule has 1 aliphatic heterocycles. The monoisotopic (exact) mass is 350 g/mol. The van der Waals surface area contributed by atoms with E-state index in [0.717, 1.165) is 17.7 Å². The molecule has 0 saturated carbocycles. The number of ether oxygens (including phenoxy) is 2. The predicted molar refractivity (Wildman–Crippen MR) is 101 cm³/mol. The number of aromatic amines is 1. The van der Waals surface area contributed by atoms with Gasteiger partial charge in [-0.15, -0.1) is 0 Å². The summed E-state index contributed by atoms with van der Waals surface area (Å²) in [6.45, 7) is 1.16. The molecule has 2 atom stereocenters. The van der Waals surface area contributed by atoms with E-state index in [1.165, 1.54) is 16.5 Å². The molecule has 26 heavy (non-hydrogen) atoms. The fourth-order valence-electron chi connectivity index (χ4n) is 3.57. The third-order valence-corrected chi connectivity index (χ3v) is 5.02. The van der Waals surface area contributed by atoms with E-state index in [-0.39, 0.29) is 17.9 Å². The summed E-state index contributed by atoms with van der Waals surface area (Å²) in [4.78, 5) is 15.2. The first-order valence-electron chi connectivity index (χ1n) is 8.86. The Morgan fingerprint density at radius 1 is 1.23 bits per heavy atom. The van der Waals surface area contributed by atoms with E-state index in [9.17, 15) is 4.79 Å². The first-order chi connectivity index (χ1) is 12.8. The highest BCUT2D eigenvalue weighted by molar-refractivity contribution is 5.84. The van der Waals surface area contributed by atoms with Crippen LogP contribution >= 0.6 is 0 Å². The summed E-state index contributed by atoms with van der Waals surface area (Å²) in [6, 6.07) is 16.2. The van der Waals surface area contributed by atoms with Crippen molar-refractivity contribution >= 4 is 16.9 Å². The van der Waals surface area contributed by atoms with Gasteiger partial charge in [-0.3, -0.25) is 4.79 Å². The SMILES string of the molecule is COc1ccc(C(CNC2CCOC2=O)c2c[nH]c3ccccc23)cc1. The zero-order valence-corrected chi connectivity index (χ0v) is 14.7. The molecule has 0 radical (unpaired) electrons. The van der Waals surface area contributed by atoms with Gasteiger partial charge in [-0.25, -0.2) is 0 Å². The van der Waals surface area contributed by atoms with Crippen LogP contribution in [0.15, 0.2) is 54.7 Å². The molecule has 0 amide bonds. The van der Waals surface area contributed by atoms with Crippen molar-refractivity contribution in [3.8, 4) is 5.75 Å². The largest absolute Gasteiger partial charge is 0.497 e. The Morgan fingerprint density at radius 2 is 2.04 bits per heavy atom. The number of para-hydroxylation sites is 1. The number of carbonyl (C=O) groups excluding carboxylic acids is 1. The number of fused-ring (bicyclic) bond motifs is 1. The Balaban J connectivity index is 1.67. The molecule has 1 aliphatic rings. The first kappa shape index (κ1) is 16.7. The number of rotatable bonds is 6. The van der Waals surface area contributed by atoms with Gasteiger partial charge >= 0.3 is 5.97 Å². The maximum absolute atomic E-state index is 11.8. The fraction of sp³-hybridized carbons (Fsp3) is 0.286. The van der Waals surface area contributed by atoms with Gasteiger partial charge in [0.25, 0.3) is 0 Å². The van der Waals surface area contributed by atoms with Crippen molar-refractivity contribution in [3.63, 3.8) is 0 Å². The van der Waals surface area contributed by atoms with Gasteiger partial charge in [-0.2, -0.15) is 0 Å². The summed E-state index contributed by atoms with van der Waals surface area (Å²) in [7, 11) is 1.67. The van der Waals surface area contributed by atoms with Gasteiger partial charge in [0.2, 0.25) is 0 Å². The van der Waals surface area contributed by atoms with E-state index in [0.29, 0.717) is 13.2 Å². The number of benzene rings is 2. The fourth-order valence-corrected chi connectivity index (χ4v) is 3.57. The standard InChI is InChI=1S/C21H22N2O3/c1-25-15-8-6-14(7-9-15)17(12-23-20-10-11-26-21(20)24)18-13-22-19-5-3-2-4-16(18)19/h2-9,13,17,20,22-23H,10-12H2,1H3. The third kappa shape index (κ3) is 3.18. The normalized spacial score (nSPS) is 18.0. The Labute approximate surface area is 152 Å². The first-order valence-corrected chi connectivity index (χ1v) is 8.86. The van der Waals surface area contributed by atoms with E-state index in [1.54, 1.807) is 7.11 Å². The lowest BCUT2D eigenvalue weighted by molar-refractivity contribution is -0.139. The molecule has 134 valence electrons. The number of hydrogen-bond acceptors (Lipinski definition) is 4. The summed E-state index contributed by atoms with van der Waals surface area (Å²) in [5.41, 5.74) is 3.50. The number of hydrogen-bond donors (Lipinski definition) is 2. The molecule has 3 aromatic rings. The summed E-state index contributed by atoms with van der Waals surface area (Å²) in [5, 5.41) is 4.59. The van der Waals surface area contributed by atoms with Crippen LogP contribution in [-0.4, -0.2) is 37.3 Å². The zero-order valence-electron chi connectivity index (χ0n) is 14.7. The molecule has 4 rings (SSSR count). The number of nitrogens with one attached hydrogen (secondary N) is 2. The van der Waals surface area contributed by atoms with Crippen molar-refractivity contribution in [3.05, 3.63) is 65.9 Å². The lowest BCUT2D eigenvalue weighted by Crippen LogP contribution is -2.36. The summed E-state index contributed by atoms with van der Waals surface area (Å²) < 4.78 is 10.4. The molecule has 1 saturated heterocycles. The number of carbonyl (C=O) groups is 1. The van der Waals surface area contributed by atoms with Gasteiger partial charge in [0.05, 0.1) is 13.7 Å². The Morgan fingerprint density at radius 3 is 2.77 bits per heavy atom. The smallest absolute Gasteiger partial charge is 0.323 e. The van der Waals surface area contributed by atoms with Crippen LogP contribution in [0.3, 0.4) is 0 Å². The molecule has 2 heterocycles. The molecule has 1 aromatic heterocycles. The Hall–Kier alpha value is -2.79. The van der Waals surface area contributed by atoms with Crippen LogP contribution in [0.4, 0.5) is 0 Å². The van der Waals surface area contributed by atoms with E-state index in [1.807, 2.05) is 24.3 Å². The average Bonchev–Trinajstić information content (AvgIpc) is 3.29. The van der Waals surface area contributed by atoms with E-state index in [2.05, 4.69) is 40.8 Å². The lowest BCUT2D eigenvalue weighted by atomic mass is 9.90. The Kier molecular flexibility index (Phi) is 4.63.